The molecular formula is C11H16N4. The third-order valence-corrected chi connectivity index (χ3v) is 1.43. The molecule has 4 heteroatoms. The number of aliphatic imine (C=N–C) groups is 1. The first-order valence-corrected chi connectivity index (χ1v) is 4.35. The predicted molar refractivity (Wildman–Crippen MR) is 63.2 cm³/mol. The lowest BCUT2D eigenvalue weighted by Crippen LogP contribution is -2.35. The van der Waals surface area contributed by atoms with Crippen molar-refractivity contribution in [2.24, 2.45) is 10.7 Å². The number of amidine groups is 1. The Morgan fingerprint density at radius 2 is 2.33 bits per heavy atom. The fourth-order valence-corrected chi connectivity index (χ4v) is 0.864. The standard InChI is InChI=1S/C11H16N4/c1-9(12)15-11(13)14-8-7-10-5-3-2-4-6-10/h2-6H,7-8H2,1H3,(H4,12,13,14,15)/i3D,4D,5D,6D,7D. The molecule has 1 rings (SSSR count). The van der Waals surface area contributed by atoms with Crippen LogP contribution in [-0.2, 0) is 6.40 Å². The van der Waals surface area contributed by atoms with Gasteiger partial charge in [0.1, 0.15) is 0 Å². The maximum atomic E-state index is 7.91. The zero-order valence-corrected chi connectivity index (χ0v) is 8.39. The molecule has 0 aliphatic heterocycles. The van der Waals surface area contributed by atoms with Crippen molar-refractivity contribution in [3.05, 3.63) is 35.8 Å². The van der Waals surface area contributed by atoms with Crippen LogP contribution < -0.4 is 11.1 Å². The highest BCUT2D eigenvalue weighted by Crippen LogP contribution is 1.98. The first kappa shape index (κ1) is 5.90. The number of hydrogen-bond donors (Lipinski definition) is 3. The van der Waals surface area contributed by atoms with E-state index >= 15 is 0 Å². The number of nitrogens with two attached hydrogens (primary N) is 1. The van der Waals surface area contributed by atoms with Gasteiger partial charge in [-0.05, 0) is 18.9 Å². The summed E-state index contributed by atoms with van der Waals surface area (Å²) >= 11 is 0. The summed E-state index contributed by atoms with van der Waals surface area (Å²) in [5.41, 5.74) is 5.48. The van der Waals surface area contributed by atoms with Gasteiger partial charge in [-0.3, -0.25) is 10.4 Å². The van der Waals surface area contributed by atoms with E-state index in [1.807, 2.05) is 0 Å². The molecule has 1 atom stereocenters. The van der Waals surface area contributed by atoms with Crippen LogP contribution in [0.15, 0.2) is 35.2 Å². The monoisotopic (exact) mass is 209 g/mol. The van der Waals surface area contributed by atoms with Gasteiger partial charge in [0, 0.05) is 7.92 Å². The van der Waals surface area contributed by atoms with Gasteiger partial charge in [-0.15, -0.1) is 0 Å². The van der Waals surface area contributed by atoms with E-state index < -0.39 is 6.40 Å². The summed E-state index contributed by atoms with van der Waals surface area (Å²) in [5.74, 6) is 0.0812. The van der Waals surface area contributed by atoms with E-state index in [1.54, 1.807) is 0 Å². The molecule has 0 aromatic heterocycles. The molecule has 1 unspecified atom stereocenters. The second-order valence-corrected chi connectivity index (χ2v) is 2.78. The minimum atomic E-state index is -1.06. The molecule has 80 valence electrons. The molecule has 0 amide bonds. The lowest BCUT2D eigenvalue weighted by molar-refractivity contribution is 0.955. The van der Waals surface area contributed by atoms with Crippen LogP contribution in [0.5, 0.6) is 0 Å². The average molecular weight is 209 g/mol. The van der Waals surface area contributed by atoms with Crippen molar-refractivity contribution in [2.45, 2.75) is 13.3 Å². The molecule has 0 spiro atoms. The van der Waals surface area contributed by atoms with E-state index in [-0.39, 0.29) is 48.1 Å². The second-order valence-electron chi connectivity index (χ2n) is 2.78. The normalized spacial score (nSPS) is 17.9. The SMILES string of the molecule is [2H]c1cc([2H])c([2H])c(C([2H])CN=C(N)NC(C)=N)c1[2H]. The Labute approximate surface area is 96.8 Å². The molecule has 0 saturated heterocycles. The smallest absolute Gasteiger partial charge is 0.194 e. The highest BCUT2D eigenvalue weighted by molar-refractivity contribution is 5.96. The lowest BCUT2D eigenvalue weighted by atomic mass is 10.2. The minimum absolute atomic E-state index is 0.00868. The molecule has 4 nitrogen and oxygen atoms in total. The first-order chi connectivity index (χ1) is 9.23. The van der Waals surface area contributed by atoms with Crippen LogP contribution in [0.2, 0.25) is 0 Å². The zero-order valence-electron chi connectivity index (χ0n) is 13.4. The molecule has 0 radical (unpaired) electrons. The Bertz CT molecular complexity index is 532. The molecule has 15 heavy (non-hydrogen) atoms. The van der Waals surface area contributed by atoms with E-state index in [0.717, 1.165) is 6.07 Å². The second kappa shape index (κ2) is 5.80. The van der Waals surface area contributed by atoms with Crippen molar-refractivity contribution in [3.63, 3.8) is 0 Å². The van der Waals surface area contributed by atoms with Crippen LogP contribution in [0.3, 0.4) is 0 Å². The molecule has 1 aromatic carbocycles. The third kappa shape index (κ3) is 4.81. The van der Waals surface area contributed by atoms with Crippen molar-refractivity contribution < 1.29 is 6.85 Å². The summed E-state index contributed by atoms with van der Waals surface area (Å²) in [6.45, 7) is 1.37. The zero-order chi connectivity index (χ0) is 15.4. The summed E-state index contributed by atoms with van der Waals surface area (Å²) in [6.07, 6.45) is -1.06. The Morgan fingerprint density at radius 1 is 1.67 bits per heavy atom. The quantitative estimate of drug-likeness (QED) is 0.515. The number of benzene rings is 1. The van der Waals surface area contributed by atoms with Gasteiger partial charge in [-0.1, -0.05) is 30.2 Å². The van der Waals surface area contributed by atoms with E-state index in [1.165, 1.54) is 6.92 Å². The molecule has 1 aromatic rings. The highest BCUT2D eigenvalue weighted by Gasteiger charge is 1.92. The topological polar surface area (TPSA) is 74.3 Å². The summed E-state index contributed by atoms with van der Waals surface area (Å²) in [6, 6.07) is 0.248. The van der Waals surface area contributed by atoms with E-state index in [9.17, 15) is 0 Å². The van der Waals surface area contributed by atoms with Gasteiger partial charge in [0.05, 0.1) is 11.3 Å². The highest BCUT2D eigenvalue weighted by atomic mass is 15.1. The maximum Gasteiger partial charge on any atom is 0.194 e. The van der Waals surface area contributed by atoms with Crippen LogP contribution in [0.1, 0.15) is 19.3 Å². The van der Waals surface area contributed by atoms with Crippen molar-refractivity contribution in [1.82, 2.24) is 5.32 Å². The lowest BCUT2D eigenvalue weighted by Gasteiger charge is -2.02. The van der Waals surface area contributed by atoms with Gasteiger partial charge in [-0.25, -0.2) is 0 Å². The minimum Gasteiger partial charge on any atom is -0.370 e. The van der Waals surface area contributed by atoms with Crippen LogP contribution in [-0.4, -0.2) is 18.3 Å². The van der Waals surface area contributed by atoms with Crippen LogP contribution in [0.4, 0.5) is 0 Å². The Morgan fingerprint density at radius 3 is 2.93 bits per heavy atom. The van der Waals surface area contributed by atoms with Gasteiger partial charge >= 0.3 is 0 Å². The Kier molecular flexibility index (Phi) is 2.28. The van der Waals surface area contributed by atoms with Gasteiger partial charge < -0.3 is 11.1 Å². The molecule has 0 saturated carbocycles. The van der Waals surface area contributed by atoms with E-state index in [0.29, 0.717) is 0 Å². The Balaban J connectivity index is 2.99. The summed E-state index contributed by atoms with van der Waals surface area (Å²) < 4.78 is 38.4. The fourth-order valence-electron chi connectivity index (χ4n) is 0.864. The number of guanidine groups is 1. The van der Waals surface area contributed by atoms with Gasteiger partial charge in [0.25, 0.3) is 0 Å². The van der Waals surface area contributed by atoms with Gasteiger partial charge in [0.15, 0.2) is 5.96 Å². The molecule has 0 fully saturated rings. The largest absolute Gasteiger partial charge is 0.370 e. The van der Waals surface area contributed by atoms with Crippen LogP contribution >= 0.6 is 0 Å². The average Bonchev–Trinajstić information content (AvgIpc) is 2.33. The molecule has 0 heterocycles. The number of hydrogen-bond acceptors (Lipinski definition) is 2. The molecule has 0 bridgehead atoms. The van der Waals surface area contributed by atoms with E-state index in [4.69, 9.17) is 18.0 Å². The van der Waals surface area contributed by atoms with Crippen molar-refractivity contribution in [2.75, 3.05) is 6.54 Å². The van der Waals surface area contributed by atoms with Gasteiger partial charge in [-0.2, -0.15) is 0 Å². The molecule has 0 aliphatic rings. The maximum absolute atomic E-state index is 7.91. The van der Waals surface area contributed by atoms with Crippen LogP contribution in [0, 0.1) is 5.41 Å². The number of nitrogens with one attached hydrogen (secondary N) is 2. The summed E-state index contributed by atoms with van der Waals surface area (Å²) in [4.78, 5) is 3.85. The van der Waals surface area contributed by atoms with Crippen LogP contribution in [0.25, 0.3) is 0 Å². The van der Waals surface area contributed by atoms with Crippen molar-refractivity contribution in [1.29, 1.82) is 5.41 Å². The molecule has 4 N–H and O–H groups in total. The van der Waals surface area contributed by atoms with Gasteiger partial charge in [0.2, 0.25) is 0 Å². The molecular weight excluding hydrogens is 188 g/mol. The first-order valence-electron chi connectivity index (χ1n) is 6.93. The van der Waals surface area contributed by atoms with Crippen molar-refractivity contribution >= 4 is 11.8 Å². The predicted octanol–water partition coefficient (Wildman–Crippen LogP) is 1.13. The molecule has 0 aliphatic carbocycles. The number of rotatable bonds is 3. The fraction of sp³-hybridized carbons (Fsp3) is 0.273. The van der Waals surface area contributed by atoms with E-state index in [2.05, 4.69) is 10.3 Å². The third-order valence-electron chi connectivity index (χ3n) is 1.43. The summed E-state index contributed by atoms with van der Waals surface area (Å²) in [5, 5.41) is 9.63. The summed E-state index contributed by atoms with van der Waals surface area (Å²) in [7, 11) is 0. The van der Waals surface area contributed by atoms with Crippen molar-refractivity contribution in [3.8, 4) is 0 Å². The number of nitrogens with zero attached hydrogens (tertiary/aromatic N) is 1. The Hall–Kier alpha value is -1.84.